The van der Waals surface area contributed by atoms with Crippen molar-refractivity contribution in [2.45, 2.75) is 25.7 Å². The highest BCUT2D eigenvalue weighted by molar-refractivity contribution is 6.31. The third kappa shape index (κ3) is 3.98. The van der Waals surface area contributed by atoms with Crippen LogP contribution in [0.15, 0.2) is 60.7 Å². The van der Waals surface area contributed by atoms with Crippen molar-refractivity contribution in [2.75, 3.05) is 25.1 Å². The van der Waals surface area contributed by atoms with Gasteiger partial charge in [0.2, 0.25) is 0 Å². The molecule has 0 bridgehead atoms. The van der Waals surface area contributed by atoms with E-state index in [0.717, 1.165) is 49.4 Å². The molecule has 0 unspecified atom stereocenters. The molecule has 0 aromatic heterocycles. The van der Waals surface area contributed by atoms with E-state index in [1.165, 1.54) is 16.0 Å². The number of carbonyl (C=O) groups is 2. The first-order valence-electron chi connectivity index (χ1n) is 11.2. The standard InChI is InChI=1S/C27H25ClN2O3/c1-33-21-12-13-24-19(16-21)9-8-18-10-11-20(28)17-25(18)29(24)14-4-5-15-30-26(31)22-6-2-3-7-23(22)27(30)32/h2-3,6-7,10-13,16-17H,4-5,8-9,14-15H2,1H3. The molecule has 6 heteroatoms. The predicted octanol–water partition coefficient (Wildman–Crippen LogP) is 5.66. The highest BCUT2D eigenvalue weighted by Gasteiger charge is 2.34. The summed E-state index contributed by atoms with van der Waals surface area (Å²) in [4.78, 5) is 29.0. The molecule has 2 amide bonds. The van der Waals surface area contributed by atoms with Crippen molar-refractivity contribution in [2.24, 2.45) is 0 Å². The highest BCUT2D eigenvalue weighted by atomic mass is 35.5. The molecule has 0 N–H and O–H groups in total. The smallest absolute Gasteiger partial charge is 0.261 e. The normalized spacial score (nSPS) is 14.6. The van der Waals surface area contributed by atoms with Crippen LogP contribution in [0.25, 0.3) is 0 Å². The SMILES string of the molecule is COc1ccc2c(c1)CCc1ccc(Cl)cc1N2CCCCN1C(=O)c2ccccc2C1=O. The number of aryl methyl sites for hydroxylation is 2. The second-order valence-electron chi connectivity index (χ2n) is 8.43. The molecule has 3 aromatic carbocycles. The largest absolute Gasteiger partial charge is 0.497 e. The van der Waals surface area contributed by atoms with Gasteiger partial charge in [0.15, 0.2) is 0 Å². The zero-order valence-electron chi connectivity index (χ0n) is 18.5. The average molecular weight is 461 g/mol. The summed E-state index contributed by atoms with van der Waals surface area (Å²) in [5.41, 5.74) is 5.77. The lowest BCUT2D eigenvalue weighted by Gasteiger charge is -2.28. The van der Waals surface area contributed by atoms with E-state index < -0.39 is 0 Å². The van der Waals surface area contributed by atoms with Crippen molar-refractivity contribution < 1.29 is 14.3 Å². The number of nitrogens with zero attached hydrogens (tertiary/aromatic N) is 2. The minimum atomic E-state index is -0.194. The summed E-state index contributed by atoms with van der Waals surface area (Å²) in [5, 5.41) is 0.710. The maximum atomic E-state index is 12.6. The monoisotopic (exact) mass is 460 g/mol. The molecule has 0 aliphatic carbocycles. The Balaban J connectivity index is 1.34. The first-order valence-corrected chi connectivity index (χ1v) is 11.6. The number of benzene rings is 3. The number of carbonyl (C=O) groups excluding carboxylic acids is 2. The molecule has 0 fully saturated rings. The van der Waals surface area contributed by atoms with Gasteiger partial charge in [0.05, 0.1) is 18.2 Å². The van der Waals surface area contributed by atoms with Crippen molar-refractivity contribution in [1.29, 1.82) is 0 Å². The Morgan fingerprint density at radius 3 is 2.15 bits per heavy atom. The van der Waals surface area contributed by atoms with E-state index in [1.807, 2.05) is 18.2 Å². The molecular weight excluding hydrogens is 436 g/mol. The van der Waals surface area contributed by atoms with E-state index in [0.29, 0.717) is 22.7 Å². The molecule has 33 heavy (non-hydrogen) atoms. The molecule has 2 aliphatic rings. The quantitative estimate of drug-likeness (QED) is 0.351. The zero-order valence-corrected chi connectivity index (χ0v) is 19.3. The Morgan fingerprint density at radius 2 is 1.45 bits per heavy atom. The molecule has 0 spiro atoms. The topological polar surface area (TPSA) is 49.9 Å². The maximum absolute atomic E-state index is 12.6. The molecule has 0 saturated heterocycles. The number of unbranched alkanes of at least 4 members (excludes halogenated alkanes) is 1. The van der Waals surface area contributed by atoms with Crippen LogP contribution in [-0.4, -0.2) is 36.9 Å². The lowest BCUT2D eigenvalue weighted by molar-refractivity contribution is 0.0652. The minimum Gasteiger partial charge on any atom is -0.497 e. The Bertz CT molecular complexity index is 1200. The van der Waals surface area contributed by atoms with Crippen LogP contribution in [0, 0.1) is 0 Å². The summed E-state index contributed by atoms with van der Waals surface area (Å²) >= 11 is 6.37. The second-order valence-corrected chi connectivity index (χ2v) is 8.87. The second kappa shape index (κ2) is 8.91. The molecule has 0 saturated carbocycles. The molecule has 2 heterocycles. The van der Waals surface area contributed by atoms with Gasteiger partial charge in [-0.3, -0.25) is 14.5 Å². The van der Waals surface area contributed by atoms with Gasteiger partial charge in [-0.05, 0) is 79.3 Å². The molecule has 3 aromatic rings. The van der Waals surface area contributed by atoms with Crippen molar-refractivity contribution in [3.05, 3.63) is 87.9 Å². The van der Waals surface area contributed by atoms with Crippen LogP contribution >= 0.6 is 11.6 Å². The molecule has 168 valence electrons. The van der Waals surface area contributed by atoms with Gasteiger partial charge in [0, 0.05) is 29.5 Å². The summed E-state index contributed by atoms with van der Waals surface area (Å²) < 4.78 is 5.45. The number of hydrogen-bond donors (Lipinski definition) is 0. The van der Waals surface area contributed by atoms with Gasteiger partial charge in [-0.2, -0.15) is 0 Å². The zero-order chi connectivity index (χ0) is 22.9. The summed E-state index contributed by atoms with van der Waals surface area (Å²) in [6, 6.07) is 19.3. The summed E-state index contributed by atoms with van der Waals surface area (Å²) in [6.45, 7) is 1.17. The number of amides is 2. The molecule has 5 nitrogen and oxygen atoms in total. The van der Waals surface area contributed by atoms with Crippen molar-refractivity contribution >= 4 is 34.8 Å². The first kappa shape index (κ1) is 21.5. The van der Waals surface area contributed by atoms with Gasteiger partial charge in [-0.15, -0.1) is 0 Å². The van der Waals surface area contributed by atoms with Crippen LogP contribution in [0.2, 0.25) is 5.02 Å². The van der Waals surface area contributed by atoms with Crippen molar-refractivity contribution in [3.63, 3.8) is 0 Å². The van der Waals surface area contributed by atoms with E-state index in [-0.39, 0.29) is 11.8 Å². The third-order valence-electron chi connectivity index (χ3n) is 6.47. The van der Waals surface area contributed by atoms with Crippen molar-refractivity contribution in [3.8, 4) is 5.75 Å². The number of imide groups is 1. The van der Waals surface area contributed by atoms with Crippen LogP contribution in [0.1, 0.15) is 44.7 Å². The Hall–Kier alpha value is -3.31. The van der Waals surface area contributed by atoms with E-state index >= 15 is 0 Å². The summed E-state index contributed by atoms with van der Waals surface area (Å²) in [6.07, 6.45) is 3.40. The van der Waals surface area contributed by atoms with Crippen LogP contribution in [0.4, 0.5) is 11.4 Å². The van der Waals surface area contributed by atoms with E-state index in [9.17, 15) is 9.59 Å². The lowest BCUT2D eigenvalue weighted by atomic mass is 10.0. The number of halogens is 1. The van der Waals surface area contributed by atoms with Gasteiger partial charge in [0.25, 0.3) is 11.8 Å². The molecular formula is C27H25ClN2O3. The van der Waals surface area contributed by atoms with E-state index in [1.54, 1.807) is 31.4 Å². The van der Waals surface area contributed by atoms with Crippen LogP contribution < -0.4 is 9.64 Å². The van der Waals surface area contributed by atoms with Gasteiger partial charge in [0.1, 0.15) is 5.75 Å². The molecule has 0 atom stereocenters. The number of hydrogen-bond acceptors (Lipinski definition) is 4. The summed E-state index contributed by atoms with van der Waals surface area (Å²) in [5.74, 6) is 0.461. The predicted molar refractivity (Wildman–Crippen MR) is 130 cm³/mol. The maximum Gasteiger partial charge on any atom is 0.261 e. The van der Waals surface area contributed by atoms with Crippen LogP contribution in [0.3, 0.4) is 0 Å². The molecule has 0 radical (unpaired) electrons. The van der Waals surface area contributed by atoms with Crippen LogP contribution in [-0.2, 0) is 12.8 Å². The fourth-order valence-corrected chi connectivity index (χ4v) is 4.94. The third-order valence-corrected chi connectivity index (χ3v) is 6.71. The Morgan fingerprint density at radius 1 is 0.788 bits per heavy atom. The average Bonchev–Trinajstić information content (AvgIpc) is 2.98. The van der Waals surface area contributed by atoms with Gasteiger partial charge in [-0.1, -0.05) is 29.8 Å². The number of anilines is 2. The van der Waals surface area contributed by atoms with Crippen LogP contribution in [0.5, 0.6) is 5.75 Å². The number of methoxy groups -OCH3 is 1. The fourth-order valence-electron chi connectivity index (χ4n) is 4.77. The number of rotatable bonds is 6. The number of fused-ring (bicyclic) bond motifs is 3. The van der Waals surface area contributed by atoms with E-state index in [2.05, 4.69) is 23.1 Å². The lowest BCUT2D eigenvalue weighted by Crippen LogP contribution is -2.31. The van der Waals surface area contributed by atoms with Gasteiger partial charge in [-0.25, -0.2) is 0 Å². The summed E-state index contributed by atoms with van der Waals surface area (Å²) in [7, 11) is 1.68. The Labute approximate surface area is 198 Å². The first-order chi connectivity index (χ1) is 16.1. The van der Waals surface area contributed by atoms with Gasteiger partial charge >= 0.3 is 0 Å². The molecule has 2 aliphatic heterocycles. The number of ether oxygens (including phenoxy) is 1. The fraction of sp³-hybridized carbons (Fsp3) is 0.259. The van der Waals surface area contributed by atoms with Crippen molar-refractivity contribution in [1.82, 2.24) is 4.90 Å². The highest BCUT2D eigenvalue weighted by Crippen LogP contribution is 2.39. The Kier molecular flexibility index (Phi) is 5.81. The van der Waals surface area contributed by atoms with Gasteiger partial charge < -0.3 is 9.64 Å². The minimum absolute atomic E-state index is 0.194. The van der Waals surface area contributed by atoms with E-state index in [4.69, 9.17) is 16.3 Å². The molecule has 5 rings (SSSR count).